The third kappa shape index (κ3) is 0.375. The average Bonchev–Trinajstić information content (AvgIpc) is 2.45. The van der Waals surface area contributed by atoms with Crippen molar-refractivity contribution < 1.29 is 0 Å². The Kier molecular flexibility index (Phi) is 0.482. The second-order valence-corrected chi connectivity index (χ2v) is 3.98. The molecule has 0 saturated heterocycles. The van der Waals surface area contributed by atoms with E-state index in [9.17, 15) is 0 Å². The fraction of sp³-hybridized carbons (Fsp3) is 1.00. The summed E-state index contributed by atoms with van der Waals surface area (Å²) in [6.45, 7) is 0. The van der Waals surface area contributed by atoms with Gasteiger partial charge < -0.3 is 0 Å². The van der Waals surface area contributed by atoms with Crippen LogP contribution in [-0.4, -0.2) is 0 Å². The number of rotatable bonds is 0. The van der Waals surface area contributed by atoms with Crippen molar-refractivity contribution in [3.63, 3.8) is 0 Å². The zero-order valence-electron chi connectivity index (χ0n) is 5.14. The highest BCUT2D eigenvalue weighted by molar-refractivity contribution is 5.03. The monoisotopic (exact) mass is 108 g/mol. The van der Waals surface area contributed by atoms with Crippen LogP contribution in [0.25, 0.3) is 0 Å². The van der Waals surface area contributed by atoms with Gasteiger partial charge in [0.1, 0.15) is 0 Å². The molecule has 3 fully saturated rings. The first-order valence-electron chi connectivity index (χ1n) is 3.93. The highest BCUT2D eigenvalue weighted by atomic mass is 14.6. The Morgan fingerprint density at radius 2 is 0.750 bits per heavy atom. The molecule has 44 valence electrons. The maximum atomic E-state index is 1.62. The molecule has 3 rings (SSSR count). The molecule has 0 aromatic carbocycles. The maximum absolute atomic E-state index is 1.62. The van der Waals surface area contributed by atoms with E-state index in [1.54, 1.807) is 25.7 Å². The van der Waals surface area contributed by atoms with Gasteiger partial charge in [0.2, 0.25) is 0 Å². The van der Waals surface area contributed by atoms with Gasteiger partial charge in [0.25, 0.3) is 0 Å². The van der Waals surface area contributed by atoms with E-state index in [-0.39, 0.29) is 0 Å². The first kappa shape index (κ1) is 3.92. The predicted molar refractivity (Wildman–Crippen MR) is 32.4 cm³/mol. The van der Waals surface area contributed by atoms with Gasteiger partial charge in [-0.05, 0) is 49.4 Å². The molecule has 0 bridgehead atoms. The Hall–Kier alpha value is 0. The van der Waals surface area contributed by atoms with Gasteiger partial charge in [-0.15, -0.1) is 0 Å². The molecule has 3 saturated carbocycles. The van der Waals surface area contributed by atoms with E-state index in [4.69, 9.17) is 0 Å². The summed E-state index contributed by atoms with van der Waals surface area (Å²) in [5, 5.41) is 0. The van der Waals surface area contributed by atoms with Crippen molar-refractivity contribution in [3.8, 4) is 0 Å². The molecule has 3 aliphatic carbocycles. The second kappa shape index (κ2) is 0.984. The van der Waals surface area contributed by atoms with Crippen LogP contribution < -0.4 is 0 Å². The van der Waals surface area contributed by atoms with Gasteiger partial charge in [-0.3, -0.25) is 0 Å². The Morgan fingerprint density at radius 3 is 1.00 bits per heavy atom. The molecule has 0 spiro atoms. The van der Waals surface area contributed by atoms with Crippen LogP contribution in [0.4, 0.5) is 0 Å². The topological polar surface area (TPSA) is 0 Å². The van der Waals surface area contributed by atoms with Crippen LogP contribution in [0.2, 0.25) is 0 Å². The van der Waals surface area contributed by atoms with E-state index in [2.05, 4.69) is 0 Å². The SMILES string of the molecule is C1C2C[C@H]3C[C@H]3CC12. The normalized spacial score (nSPS) is 66.0. The Bertz CT molecular complexity index is 100. The maximum Gasteiger partial charge on any atom is -0.0380 e. The number of fused-ring (bicyclic) bond motifs is 2. The molecular weight excluding hydrogens is 96.1 g/mol. The van der Waals surface area contributed by atoms with Crippen molar-refractivity contribution in [2.24, 2.45) is 23.7 Å². The molecule has 3 aliphatic rings. The molecule has 0 heteroatoms. The number of hydrogen-bond donors (Lipinski definition) is 0. The average molecular weight is 108 g/mol. The zero-order chi connectivity index (χ0) is 5.14. The van der Waals surface area contributed by atoms with Crippen LogP contribution in [-0.2, 0) is 0 Å². The lowest BCUT2D eigenvalue weighted by Gasteiger charge is -2.04. The van der Waals surface area contributed by atoms with E-state index < -0.39 is 0 Å². The predicted octanol–water partition coefficient (Wildman–Crippen LogP) is 2.05. The second-order valence-electron chi connectivity index (χ2n) is 3.98. The Morgan fingerprint density at radius 1 is 0.500 bits per heavy atom. The summed E-state index contributed by atoms with van der Waals surface area (Å²) < 4.78 is 0. The summed E-state index contributed by atoms with van der Waals surface area (Å²) in [5.74, 6) is 4.88. The summed E-state index contributed by atoms with van der Waals surface area (Å²) in [6.07, 6.45) is 6.45. The van der Waals surface area contributed by atoms with Crippen LogP contribution in [0.15, 0.2) is 0 Å². The van der Waals surface area contributed by atoms with Crippen molar-refractivity contribution in [3.05, 3.63) is 0 Å². The van der Waals surface area contributed by atoms with Gasteiger partial charge in [0, 0.05) is 0 Å². The van der Waals surface area contributed by atoms with E-state index >= 15 is 0 Å². The Labute approximate surface area is 50.3 Å². The van der Waals surface area contributed by atoms with E-state index in [0.717, 1.165) is 0 Å². The lowest BCUT2D eigenvalue weighted by molar-refractivity contribution is 0.457. The van der Waals surface area contributed by atoms with Gasteiger partial charge in [-0.1, -0.05) is 0 Å². The van der Waals surface area contributed by atoms with Crippen molar-refractivity contribution in [1.82, 2.24) is 0 Å². The first-order chi connectivity index (χ1) is 3.93. The summed E-state index contributed by atoms with van der Waals surface area (Å²) in [7, 11) is 0. The van der Waals surface area contributed by atoms with Gasteiger partial charge in [0.15, 0.2) is 0 Å². The van der Waals surface area contributed by atoms with E-state index in [1.165, 1.54) is 23.7 Å². The molecule has 0 aromatic rings. The summed E-state index contributed by atoms with van der Waals surface area (Å²) in [5.41, 5.74) is 0. The third-order valence-corrected chi connectivity index (χ3v) is 3.35. The van der Waals surface area contributed by atoms with Crippen LogP contribution in [0.3, 0.4) is 0 Å². The van der Waals surface area contributed by atoms with Crippen LogP contribution in [0.1, 0.15) is 25.7 Å². The van der Waals surface area contributed by atoms with Gasteiger partial charge in [-0.2, -0.15) is 0 Å². The van der Waals surface area contributed by atoms with Crippen LogP contribution in [0, 0.1) is 23.7 Å². The summed E-state index contributed by atoms with van der Waals surface area (Å²) in [4.78, 5) is 0. The van der Waals surface area contributed by atoms with Crippen molar-refractivity contribution >= 4 is 0 Å². The molecule has 0 amide bonds. The van der Waals surface area contributed by atoms with Gasteiger partial charge in [0.05, 0.1) is 0 Å². The first-order valence-corrected chi connectivity index (χ1v) is 3.93. The van der Waals surface area contributed by atoms with Crippen molar-refractivity contribution in [1.29, 1.82) is 0 Å². The molecule has 0 radical (unpaired) electrons. The highest BCUT2D eigenvalue weighted by Crippen LogP contribution is 2.62. The fourth-order valence-electron chi connectivity index (χ4n) is 2.55. The van der Waals surface area contributed by atoms with E-state index in [0.29, 0.717) is 0 Å². The highest BCUT2D eigenvalue weighted by Gasteiger charge is 2.52. The summed E-state index contributed by atoms with van der Waals surface area (Å²) >= 11 is 0. The molecule has 0 atom stereocenters. The standard InChI is InChI=1S/C8H12/c1-5-3-7-2-8(7)4-6(1)5/h5-8H,1-4H2/t5-,6+,7?,8?. The third-order valence-electron chi connectivity index (χ3n) is 3.35. The smallest absolute Gasteiger partial charge is 0.0380 e. The largest absolute Gasteiger partial charge is 0.0470 e. The lowest BCUT2D eigenvalue weighted by Crippen LogP contribution is -1.95. The minimum absolute atomic E-state index is 1.22. The molecule has 8 heavy (non-hydrogen) atoms. The van der Waals surface area contributed by atoms with Gasteiger partial charge >= 0.3 is 0 Å². The zero-order valence-corrected chi connectivity index (χ0v) is 5.14. The molecule has 0 N–H and O–H groups in total. The van der Waals surface area contributed by atoms with Crippen LogP contribution >= 0.6 is 0 Å². The van der Waals surface area contributed by atoms with Crippen molar-refractivity contribution in [2.75, 3.05) is 0 Å². The van der Waals surface area contributed by atoms with Crippen LogP contribution in [0.5, 0.6) is 0 Å². The van der Waals surface area contributed by atoms with Gasteiger partial charge in [-0.25, -0.2) is 0 Å². The quantitative estimate of drug-likeness (QED) is 0.445. The number of hydrogen-bond acceptors (Lipinski definition) is 0. The molecule has 0 heterocycles. The van der Waals surface area contributed by atoms with E-state index in [1.807, 2.05) is 0 Å². The Balaban J connectivity index is 1.85. The minimum atomic E-state index is 1.22. The fourth-order valence-corrected chi connectivity index (χ4v) is 2.55. The molecule has 0 aromatic heterocycles. The lowest BCUT2D eigenvalue weighted by atomic mass is 10.0. The minimum Gasteiger partial charge on any atom is -0.0470 e. The molecular formula is C8H12. The molecule has 0 nitrogen and oxygen atoms in total. The molecule has 0 aliphatic heterocycles. The van der Waals surface area contributed by atoms with Crippen molar-refractivity contribution in [2.45, 2.75) is 25.7 Å². The summed E-state index contributed by atoms with van der Waals surface area (Å²) in [6, 6.07) is 0. The molecule has 0 unspecified atom stereocenters.